The van der Waals surface area contributed by atoms with Crippen molar-refractivity contribution in [2.24, 2.45) is 0 Å². The second-order valence-corrected chi connectivity index (χ2v) is 14.7. The van der Waals surface area contributed by atoms with Crippen LogP contribution in [-0.2, 0) is 21.1 Å². The molecule has 5 nitrogen and oxygen atoms in total. The van der Waals surface area contributed by atoms with Crippen molar-refractivity contribution in [2.45, 2.75) is 0 Å². The summed E-state index contributed by atoms with van der Waals surface area (Å²) in [7, 11) is 0. The Labute approximate surface area is 361 Å². The van der Waals surface area contributed by atoms with Crippen LogP contribution in [0, 0.1) is 6.07 Å². The first-order chi connectivity index (χ1) is 29.2. The molecule has 0 unspecified atom stereocenters. The minimum absolute atomic E-state index is 0. The molecule has 0 fully saturated rings. The number of hydrogen-bond donors (Lipinski definition) is 1. The van der Waals surface area contributed by atoms with Gasteiger partial charge in [-0.05, 0) is 53.6 Å². The topological polar surface area (TPSA) is 55.9 Å². The fraction of sp³-hybridized carbons (Fsp3) is 0. The van der Waals surface area contributed by atoms with Gasteiger partial charge in [-0.25, -0.2) is 4.98 Å². The quantitative estimate of drug-likeness (QED) is 0.162. The maximum atomic E-state index is 12.3. The third-order valence-corrected chi connectivity index (χ3v) is 11.2. The number of aromatic nitrogens is 4. The summed E-state index contributed by atoms with van der Waals surface area (Å²) in [5, 5.41) is 14.4. The van der Waals surface area contributed by atoms with Crippen molar-refractivity contribution in [2.75, 3.05) is 0 Å². The average molecular weight is 951 g/mol. The number of rotatable bonds is 7. The molecule has 6 heteroatoms. The summed E-state index contributed by atoms with van der Waals surface area (Å²) < 4.78 is 4.42. The van der Waals surface area contributed by atoms with Crippen molar-refractivity contribution in [3.63, 3.8) is 0 Å². The fourth-order valence-electron chi connectivity index (χ4n) is 8.48. The van der Waals surface area contributed by atoms with Gasteiger partial charge in [0, 0.05) is 61.0 Å². The summed E-state index contributed by atoms with van der Waals surface area (Å²) in [5.41, 5.74) is 14.2. The van der Waals surface area contributed by atoms with Gasteiger partial charge < -0.3 is 9.67 Å². The zero-order valence-corrected chi connectivity index (χ0v) is 34.5. The molecule has 60 heavy (non-hydrogen) atoms. The largest absolute Gasteiger partial charge is 0.507 e. The minimum atomic E-state index is 0. The molecule has 0 radical (unpaired) electrons. The Bertz CT molecular complexity index is 3270. The van der Waals surface area contributed by atoms with Gasteiger partial charge in [0.15, 0.2) is 0 Å². The number of pyridine rings is 1. The van der Waals surface area contributed by atoms with Gasteiger partial charge in [0.05, 0.1) is 33.3 Å². The smallest absolute Gasteiger partial charge is 0.148 e. The molecule has 3 heterocycles. The van der Waals surface area contributed by atoms with Crippen LogP contribution in [-0.4, -0.2) is 24.2 Å². The van der Waals surface area contributed by atoms with Gasteiger partial charge in [-0.1, -0.05) is 156 Å². The average Bonchev–Trinajstić information content (AvgIpc) is 3.85. The Hall–Kier alpha value is -7.33. The molecule has 0 saturated carbocycles. The summed E-state index contributed by atoms with van der Waals surface area (Å²) in [5.74, 6) is 0.777. The van der Waals surface area contributed by atoms with Crippen molar-refractivity contribution >= 4 is 32.8 Å². The standard InChI is InChI=1S/C54H35N4O.Pt/c59-52-35-51-45(44-24-11-13-28-49(44)57(51)41-21-8-3-9-22-41)34-46(52)54-56-53-43(25-16-29-50(53)58(54)48-27-12-10-23-42(48)37-19-6-2-7-20-37)39-31-38(36-17-4-1-5-18-36)32-40(33-39)47-26-14-15-30-55-47;/h1-32,34-35,59H;/q-1;. The number of phenolic OH excluding ortho intramolecular Hbond substituents is 1. The Morgan fingerprint density at radius 2 is 1.10 bits per heavy atom. The predicted octanol–water partition coefficient (Wildman–Crippen LogP) is 13.4. The van der Waals surface area contributed by atoms with Gasteiger partial charge in [0.2, 0.25) is 0 Å². The third kappa shape index (κ3) is 6.32. The number of phenols is 1. The van der Waals surface area contributed by atoms with E-state index >= 15 is 0 Å². The van der Waals surface area contributed by atoms with Crippen LogP contribution in [0.2, 0.25) is 0 Å². The van der Waals surface area contributed by atoms with Crippen LogP contribution in [0.3, 0.4) is 0 Å². The Morgan fingerprint density at radius 3 is 1.88 bits per heavy atom. The molecule has 0 amide bonds. The number of imidazole rings is 1. The van der Waals surface area contributed by atoms with Crippen molar-refractivity contribution < 1.29 is 26.2 Å². The summed E-state index contributed by atoms with van der Waals surface area (Å²) in [6, 6.07) is 72.3. The Kier molecular flexibility index (Phi) is 9.52. The van der Waals surface area contributed by atoms with Gasteiger partial charge in [-0.15, -0.1) is 23.8 Å². The zero-order chi connectivity index (χ0) is 39.3. The van der Waals surface area contributed by atoms with E-state index in [2.05, 4.69) is 161 Å². The zero-order valence-electron chi connectivity index (χ0n) is 32.2. The molecule has 0 spiro atoms. The molecule has 11 rings (SSSR count). The molecule has 3 aromatic heterocycles. The first-order valence-corrected chi connectivity index (χ1v) is 19.7. The van der Waals surface area contributed by atoms with Gasteiger partial charge in [0.25, 0.3) is 0 Å². The van der Waals surface area contributed by atoms with Crippen LogP contribution in [0.4, 0.5) is 0 Å². The molecule has 1 N–H and O–H groups in total. The van der Waals surface area contributed by atoms with E-state index in [1.807, 2.05) is 60.8 Å². The summed E-state index contributed by atoms with van der Waals surface area (Å²) >= 11 is 0. The maximum Gasteiger partial charge on any atom is 0.148 e. The number of benzene rings is 8. The SMILES string of the molecule is Oc1cc2c(cc1-c1nc3c(-c4[c-]c(-c5ccccn5)cc(-c5ccccc5)c4)cccc3n1-c1ccccc1-c1ccccc1)c1ccccc1n2-c1ccccc1.[Pt]. The van der Waals surface area contributed by atoms with Crippen LogP contribution in [0.25, 0.3) is 100 Å². The maximum absolute atomic E-state index is 12.3. The van der Waals surface area contributed by atoms with E-state index in [9.17, 15) is 5.11 Å². The van der Waals surface area contributed by atoms with E-state index in [-0.39, 0.29) is 26.8 Å². The van der Waals surface area contributed by atoms with Crippen molar-refractivity contribution in [1.82, 2.24) is 19.1 Å². The molecule has 0 saturated heterocycles. The van der Waals surface area contributed by atoms with Crippen LogP contribution in [0.1, 0.15) is 0 Å². The predicted molar refractivity (Wildman–Crippen MR) is 241 cm³/mol. The van der Waals surface area contributed by atoms with Crippen LogP contribution in [0.5, 0.6) is 5.75 Å². The molecule has 0 bridgehead atoms. The summed E-state index contributed by atoms with van der Waals surface area (Å²) in [4.78, 5) is 10.3. The Morgan fingerprint density at radius 1 is 0.450 bits per heavy atom. The molecule has 288 valence electrons. The van der Waals surface area contributed by atoms with Gasteiger partial charge in [0.1, 0.15) is 11.6 Å². The summed E-state index contributed by atoms with van der Waals surface area (Å²) in [6.07, 6.45) is 1.82. The molecule has 8 aromatic carbocycles. The number of aromatic hydroxyl groups is 1. The van der Waals surface area contributed by atoms with Gasteiger partial charge in [-0.2, -0.15) is 0 Å². The monoisotopic (exact) mass is 950 g/mol. The molecule has 0 aliphatic heterocycles. The normalized spacial score (nSPS) is 11.3. The van der Waals surface area contributed by atoms with E-state index in [1.165, 1.54) is 0 Å². The second kappa shape index (κ2) is 15.4. The number of hydrogen-bond acceptors (Lipinski definition) is 3. The van der Waals surface area contributed by atoms with Gasteiger partial charge in [-0.3, -0.25) is 9.55 Å². The Balaban J connectivity index is 0.00000433. The van der Waals surface area contributed by atoms with E-state index in [1.54, 1.807) is 0 Å². The van der Waals surface area contributed by atoms with E-state index in [0.29, 0.717) is 11.4 Å². The van der Waals surface area contributed by atoms with Crippen molar-refractivity contribution in [3.8, 4) is 73.2 Å². The van der Waals surface area contributed by atoms with E-state index < -0.39 is 0 Å². The first kappa shape index (κ1) is 37.0. The second-order valence-electron chi connectivity index (χ2n) is 14.7. The number of para-hydroxylation sites is 4. The van der Waals surface area contributed by atoms with E-state index in [0.717, 1.165) is 88.9 Å². The molecule has 11 aromatic rings. The third-order valence-electron chi connectivity index (χ3n) is 11.2. The summed E-state index contributed by atoms with van der Waals surface area (Å²) in [6.45, 7) is 0. The number of fused-ring (bicyclic) bond motifs is 4. The van der Waals surface area contributed by atoms with Crippen molar-refractivity contribution in [3.05, 3.63) is 212 Å². The van der Waals surface area contributed by atoms with Crippen molar-refractivity contribution in [1.29, 1.82) is 0 Å². The number of nitrogens with zero attached hydrogens (tertiary/aromatic N) is 4. The minimum Gasteiger partial charge on any atom is -0.507 e. The molecule has 0 aliphatic rings. The van der Waals surface area contributed by atoms with Crippen LogP contribution >= 0.6 is 0 Å². The fourth-order valence-corrected chi connectivity index (χ4v) is 8.48. The molecule has 0 aliphatic carbocycles. The van der Waals surface area contributed by atoms with Crippen LogP contribution in [0.15, 0.2) is 206 Å². The van der Waals surface area contributed by atoms with Gasteiger partial charge >= 0.3 is 0 Å². The van der Waals surface area contributed by atoms with E-state index in [4.69, 9.17) is 9.97 Å². The van der Waals surface area contributed by atoms with Crippen LogP contribution < -0.4 is 0 Å². The molecular weight excluding hydrogens is 916 g/mol. The first-order valence-electron chi connectivity index (χ1n) is 19.7. The molecule has 0 atom stereocenters. The molecular formula is C54H35N4OPt-.